The quantitative estimate of drug-likeness (QED) is 0.324. The highest BCUT2D eigenvalue weighted by molar-refractivity contribution is 9.10. The van der Waals surface area contributed by atoms with Gasteiger partial charge in [-0.05, 0) is 41.4 Å². The third-order valence-corrected chi connectivity index (χ3v) is 6.79. The van der Waals surface area contributed by atoms with Crippen LogP contribution in [0.3, 0.4) is 0 Å². The molecule has 9 nitrogen and oxygen atoms in total. The van der Waals surface area contributed by atoms with Crippen LogP contribution in [0.1, 0.15) is 30.3 Å². The van der Waals surface area contributed by atoms with Crippen LogP contribution in [0.5, 0.6) is 0 Å². The molecular formula is C22H15BrF6N8O. The second kappa shape index (κ2) is 8.61. The van der Waals surface area contributed by atoms with Crippen LogP contribution in [-0.4, -0.2) is 47.3 Å². The maximum atomic E-state index is 13.6. The van der Waals surface area contributed by atoms with Crippen molar-refractivity contribution >= 4 is 39.1 Å². The molecule has 5 rings (SSSR count). The lowest BCUT2D eigenvalue weighted by molar-refractivity contribution is -0.284. The van der Waals surface area contributed by atoms with Gasteiger partial charge in [-0.3, -0.25) is 14.2 Å². The van der Waals surface area contributed by atoms with Gasteiger partial charge in [0, 0.05) is 12.6 Å². The summed E-state index contributed by atoms with van der Waals surface area (Å²) in [7, 11) is 0. The van der Waals surface area contributed by atoms with Crippen molar-refractivity contribution in [1.29, 1.82) is 0 Å². The lowest BCUT2D eigenvalue weighted by Gasteiger charge is -2.22. The van der Waals surface area contributed by atoms with Crippen molar-refractivity contribution in [3.63, 3.8) is 0 Å². The van der Waals surface area contributed by atoms with Crippen LogP contribution in [0.2, 0.25) is 0 Å². The molecule has 0 aliphatic carbocycles. The Balaban J connectivity index is 1.59. The number of nitrogens with zero attached hydrogens (tertiary/aromatic N) is 6. The molecule has 0 bridgehead atoms. The first kappa shape index (κ1) is 25.8. The van der Waals surface area contributed by atoms with Gasteiger partial charge in [-0.2, -0.15) is 22.0 Å². The van der Waals surface area contributed by atoms with Gasteiger partial charge in [0.15, 0.2) is 11.5 Å². The summed E-state index contributed by atoms with van der Waals surface area (Å²) < 4.78 is 80.5. The van der Waals surface area contributed by atoms with E-state index in [1.807, 2.05) is 0 Å². The third-order valence-electron chi connectivity index (χ3n) is 6.20. The van der Waals surface area contributed by atoms with Gasteiger partial charge in [-0.25, -0.2) is 24.3 Å². The molecule has 0 spiro atoms. The second-order valence-electron chi connectivity index (χ2n) is 8.65. The van der Waals surface area contributed by atoms with Gasteiger partial charge >= 0.3 is 12.1 Å². The molecule has 1 aliphatic heterocycles. The summed E-state index contributed by atoms with van der Waals surface area (Å²) in [6.07, 6.45) is -4.39. The van der Waals surface area contributed by atoms with Gasteiger partial charge in [0.05, 0.1) is 29.3 Å². The number of halogens is 7. The Bertz CT molecular complexity index is 1590. The molecule has 198 valence electrons. The highest BCUT2D eigenvalue weighted by Crippen LogP contribution is 2.44. The molecule has 0 saturated carbocycles. The number of nitrogen functional groups attached to an aromatic ring is 1. The van der Waals surface area contributed by atoms with Crippen molar-refractivity contribution in [2.24, 2.45) is 0 Å². The summed E-state index contributed by atoms with van der Waals surface area (Å²) in [5.74, 6) is -6.36. The zero-order valence-electron chi connectivity index (χ0n) is 19.1. The summed E-state index contributed by atoms with van der Waals surface area (Å²) >= 11 is 3.24. The lowest BCUT2D eigenvalue weighted by atomic mass is 9.81. The summed E-state index contributed by atoms with van der Waals surface area (Å²) in [6.45, 7) is 1.51. The van der Waals surface area contributed by atoms with E-state index in [9.17, 15) is 31.1 Å². The monoisotopic (exact) mass is 600 g/mol. The molecule has 0 fully saturated rings. The van der Waals surface area contributed by atoms with Crippen LogP contribution in [0.15, 0.2) is 35.3 Å². The molecular weight excluding hydrogens is 586 g/mol. The number of hydrogen-bond donors (Lipinski definition) is 2. The Kier molecular flexibility index (Phi) is 5.85. The second-order valence-corrected chi connectivity index (χ2v) is 9.46. The van der Waals surface area contributed by atoms with E-state index in [1.54, 1.807) is 0 Å². The minimum Gasteiger partial charge on any atom is -0.383 e. The largest absolute Gasteiger partial charge is 0.453 e. The molecule has 4 aromatic rings. The van der Waals surface area contributed by atoms with E-state index >= 15 is 0 Å². The third kappa shape index (κ3) is 4.02. The Hall–Kier alpha value is -3.82. The van der Waals surface area contributed by atoms with Crippen LogP contribution in [0, 0.1) is 5.82 Å². The van der Waals surface area contributed by atoms with Gasteiger partial charge in [0.1, 0.15) is 33.2 Å². The van der Waals surface area contributed by atoms with Gasteiger partial charge < -0.3 is 11.1 Å². The van der Waals surface area contributed by atoms with E-state index in [4.69, 9.17) is 5.73 Å². The molecule has 38 heavy (non-hydrogen) atoms. The fourth-order valence-corrected chi connectivity index (χ4v) is 4.53. The summed E-state index contributed by atoms with van der Waals surface area (Å²) in [5, 5.41) is 2.59. The molecule has 0 aromatic carbocycles. The maximum Gasteiger partial charge on any atom is 0.453 e. The van der Waals surface area contributed by atoms with Crippen LogP contribution >= 0.6 is 15.9 Å². The Labute approximate surface area is 217 Å². The Morgan fingerprint density at radius 2 is 1.84 bits per heavy atom. The average molecular weight is 601 g/mol. The number of hydrogen-bond acceptors (Lipinski definition) is 7. The van der Waals surface area contributed by atoms with Crippen LogP contribution < -0.4 is 11.1 Å². The Morgan fingerprint density at radius 3 is 2.50 bits per heavy atom. The van der Waals surface area contributed by atoms with Crippen molar-refractivity contribution in [2.45, 2.75) is 37.3 Å². The van der Waals surface area contributed by atoms with E-state index in [1.165, 1.54) is 29.8 Å². The van der Waals surface area contributed by atoms with E-state index in [0.717, 1.165) is 12.3 Å². The summed E-state index contributed by atoms with van der Waals surface area (Å²) in [4.78, 5) is 33.8. The normalized spacial score (nSPS) is 17.6. The number of aromatic nitrogens is 6. The number of amides is 1. The number of alkyl halides is 5. The topological polar surface area (TPSA) is 124 Å². The SMILES string of the molecule is CC1(c2ccc(F)cn2)C(=O)Nc2nc(-c3cn4c(Br)cnc4c(CCC(F)(F)C(F)(F)F)n3)nc(N)c21. The van der Waals surface area contributed by atoms with E-state index < -0.39 is 42.1 Å². The van der Waals surface area contributed by atoms with Crippen LogP contribution in [0.25, 0.3) is 17.2 Å². The molecule has 1 amide bonds. The van der Waals surface area contributed by atoms with Crippen molar-refractivity contribution < 1.29 is 31.1 Å². The van der Waals surface area contributed by atoms with Crippen LogP contribution in [-0.2, 0) is 16.6 Å². The average Bonchev–Trinajstić information content (AvgIpc) is 3.34. The van der Waals surface area contributed by atoms with Crippen molar-refractivity contribution in [2.75, 3.05) is 11.1 Å². The number of fused-ring (bicyclic) bond motifs is 2. The number of carbonyl (C=O) groups excluding carboxylic acids is 1. The minimum absolute atomic E-state index is 0.0165. The first-order chi connectivity index (χ1) is 17.7. The Morgan fingerprint density at radius 1 is 1.11 bits per heavy atom. The number of nitrogens with one attached hydrogen (secondary N) is 1. The highest BCUT2D eigenvalue weighted by atomic mass is 79.9. The molecule has 5 heterocycles. The molecule has 1 atom stereocenters. The van der Waals surface area contributed by atoms with Crippen molar-refractivity contribution in [3.05, 3.63) is 58.1 Å². The van der Waals surface area contributed by atoms with Crippen molar-refractivity contribution in [3.8, 4) is 11.5 Å². The fourth-order valence-electron chi connectivity index (χ4n) is 4.15. The van der Waals surface area contributed by atoms with Crippen molar-refractivity contribution in [1.82, 2.24) is 29.3 Å². The molecule has 3 N–H and O–H groups in total. The van der Waals surface area contributed by atoms with E-state index in [2.05, 4.69) is 46.2 Å². The smallest absolute Gasteiger partial charge is 0.383 e. The number of rotatable bonds is 5. The standard InChI is InChI=1S/C22H15BrF6N8O/c1-20(12-3-2-9(24)6-31-12)14-15(30)34-16(35-17(14)36-19(20)38)11-8-37-13(23)7-32-18(37)10(33-11)4-5-21(25,26)22(27,28)29/h2-3,6-8H,4-5H2,1H3,(H3,30,34,35,36,38). The number of imidazole rings is 1. The minimum atomic E-state index is -5.72. The van der Waals surface area contributed by atoms with Gasteiger partial charge in [0.2, 0.25) is 5.91 Å². The molecule has 16 heteroatoms. The predicted molar refractivity (Wildman–Crippen MR) is 125 cm³/mol. The van der Waals surface area contributed by atoms with Crippen LogP contribution in [0.4, 0.5) is 38.0 Å². The maximum absolute atomic E-state index is 13.6. The van der Waals surface area contributed by atoms with Gasteiger partial charge in [0.25, 0.3) is 0 Å². The zero-order chi connectivity index (χ0) is 27.6. The van der Waals surface area contributed by atoms with Gasteiger partial charge in [-0.1, -0.05) is 0 Å². The lowest BCUT2D eigenvalue weighted by Crippen LogP contribution is -2.36. The first-order valence-electron chi connectivity index (χ1n) is 10.8. The van der Waals surface area contributed by atoms with Gasteiger partial charge in [-0.15, -0.1) is 0 Å². The fraction of sp³-hybridized carbons (Fsp3) is 0.273. The number of anilines is 2. The zero-order valence-corrected chi connectivity index (χ0v) is 20.7. The molecule has 0 radical (unpaired) electrons. The van der Waals surface area contributed by atoms with E-state index in [0.29, 0.717) is 4.60 Å². The molecule has 1 aliphatic rings. The molecule has 1 unspecified atom stereocenters. The summed E-state index contributed by atoms with van der Waals surface area (Å²) in [6, 6.07) is 2.46. The number of nitrogens with two attached hydrogens (primary N) is 1. The molecule has 0 saturated heterocycles. The summed E-state index contributed by atoms with van der Waals surface area (Å²) in [5.41, 5.74) is 4.99. The highest BCUT2D eigenvalue weighted by Gasteiger charge is 2.56. The van der Waals surface area contributed by atoms with E-state index in [-0.39, 0.29) is 45.8 Å². The first-order valence-corrected chi connectivity index (χ1v) is 11.6. The number of carbonyl (C=O) groups is 1. The molecule has 4 aromatic heterocycles. The predicted octanol–water partition coefficient (Wildman–Crippen LogP) is 4.45. The number of pyridine rings is 1. The number of aryl methyl sites for hydroxylation is 1.